The molecule has 3 atom stereocenters. The Labute approximate surface area is 465 Å². The summed E-state index contributed by atoms with van der Waals surface area (Å²) in [5.41, 5.74) is 2.07. The Morgan fingerprint density at radius 1 is 0.390 bits per heavy atom. The molecule has 3 aromatic rings. The molecular formula is C63H102N3O10P. The maximum Gasteiger partial charge on any atom is 0.475 e. The molecular weight excluding hydrogens is 990 g/mol. The molecule has 0 bridgehead atoms. The van der Waals surface area contributed by atoms with Crippen molar-refractivity contribution >= 4 is 25.5 Å². The lowest BCUT2D eigenvalue weighted by molar-refractivity contribution is -0.123. The van der Waals surface area contributed by atoms with E-state index in [1.807, 2.05) is 72.8 Å². The molecule has 3 unspecified atom stereocenters. The Morgan fingerprint density at radius 3 is 0.896 bits per heavy atom. The van der Waals surface area contributed by atoms with E-state index in [0.717, 1.165) is 135 Å². The number of carbonyl (C=O) groups excluding carboxylic acids is 3. The van der Waals surface area contributed by atoms with Crippen LogP contribution in [0.4, 0.5) is 0 Å². The van der Waals surface area contributed by atoms with Crippen LogP contribution in [-0.2, 0) is 32.5 Å². The smallest absolute Gasteiger partial charge is 0.475 e. The highest BCUT2D eigenvalue weighted by atomic mass is 31.2. The van der Waals surface area contributed by atoms with E-state index in [0.29, 0.717) is 53.2 Å². The second-order valence-electron chi connectivity index (χ2n) is 20.6. The van der Waals surface area contributed by atoms with Gasteiger partial charge in [-0.2, -0.15) is 0 Å². The van der Waals surface area contributed by atoms with Crippen LogP contribution >= 0.6 is 7.82 Å². The van der Waals surface area contributed by atoms with Gasteiger partial charge in [-0.25, -0.2) is 4.57 Å². The predicted molar refractivity (Wildman–Crippen MR) is 313 cm³/mol. The highest BCUT2D eigenvalue weighted by Crippen LogP contribution is 2.51. The zero-order valence-corrected chi connectivity index (χ0v) is 49.9. The molecule has 0 fully saturated rings. The third-order valence-corrected chi connectivity index (χ3v) is 15.5. The first kappa shape index (κ1) is 66.9. The van der Waals surface area contributed by atoms with Gasteiger partial charge in [0, 0.05) is 19.3 Å². The maximum absolute atomic E-state index is 15.7. The van der Waals surface area contributed by atoms with Gasteiger partial charge in [0.05, 0.1) is 56.3 Å². The summed E-state index contributed by atoms with van der Waals surface area (Å²) in [4.78, 5) is 41.3. The summed E-state index contributed by atoms with van der Waals surface area (Å²) in [6.07, 6.45) is 20.7. The molecule has 434 valence electrons. The molecule has 3 amide bonds. The third-order valence-electron chi connectivity index (χ3n) is 14.1. The zero-order chi connectivity index (χ0) is 56.1. The number of ether oxygens (including phenoxy) is 3. The largest absolute Gasteiger partial charge is 0.490 e. The van der Waals surface area contributed by atoms with Gasteiger partial charge in [0.15, 0.2) is 0 Å². The van der Waals surface area contributed by atoms with Crippen molar-refractivity contribution < 1.29 is 46.7 Å². The number of unbranched alkanes of at least 4 members (excludes halogenated alkanes) is 12. The zero-order valence-electron chi connectivity index (χ0n) is 49.0. The molecule has 0 saturated heterocycles. The Bertz CT molecular complexity index is 1880. The summed E-state index contributed by atoms with van der Waals surface area (Å²) >= 11 is 0. The lowest BCUT2D eigenvalue weighted by atomic mass is 10.1. The summed E-state index contributed by atoms with van der Waals surface area (Å²) in [5.74, 6) is 1.43. The van der Waals surface area contributed by atoms with Crippen LogP contribution in [0.2, 0.25) is 0 Å². The number of rotatable bonds is 45. The lowest BCUT2D eigenvalue weighted by Crippen LogP contribution is -2.33. The van der Waals surface area contributed by atoms with E-state index >= 15 is 4.57 Å². The first-order valence-electron chi connectivity index (χ1n) is 30.1. The molecule has 0 radical (unpaired) electrons. The number of carbonyl (C=O) groups is 3. The average Bonchev–Trinajstić information content (AvgIpc) is 3.44. The molecule has 3 rings (SSSR count). The van der Waals surface area contributed by atoms with Crippen LogP contribution in [0.3, 0.4) is 0 Å². The van der Waals surface area contributed by atoms with E-state index in [4.69, 9.17) is 27.8 Å². The maximum atomic E-state index is 15.7. The number of phosphoric acid groups is 1. The van der Waals surface area contributed by atoms with Crippen LogP contribution < -0.4 is 30.2 Å². The van der Waals surface area contributed by atoms with Crippen LogP contribution in [0.5, 0.6) is 17.2 Å². The first-order valence-corrected chi connectivity index (χ1v) is 31.5. The highest BCUT2D eigenvalue weighted by molar-refractivity contribution is 7.48. The second kappa shape index (κ2) is 39.9. The summed E-state index contributed by atoms with van der Waals surface area (Å²) in [7, 11) is -4.65. The number of nitrogens with one attached hydrogen (secondary N) is 3. The van der Waals surface area contributed by atoms with E-state index in [1.54, 1.807) is 0 Å². The lowest BCUT2D eigenvalue weighted by Gasteiger charge is -2.28. The molecule has 0 aliphatic rings. The molecule has 14 heteroatoms. The summed E-state index contributed by atoms with van der Waals surface area (Å²) in [6, 6.07) is 20.3. The number of amides is 3. The quantitative estimate of drug-likeness (QED) is 0.0367. The normalized spacial score (nSPS) is 13.5. The van der Waals surface area contributed by atoms with Crippen LogP contribution in [0, 0.1) is 0 Å². The van der Waals surface area contributed by atoms with Gasteiger partial charge in [0.25, 0.3) is 0 Å². The molecule has 0 aromatic heterocycles. The molecule has 0 saturated carbocycles. The van der Waals surface area contributed by atoms with Gasteiger partial charge in [-0.1, -0.05) is 176 Å². The van der Waals surface area contributed by atoms with Crippen molar-refractivity contribution in [1.29, 1.82) is 0 Å². The topological polar surface area (TPSA) is 160 Å². The highest BCUT2D eigenvalue weighted by Gasteiger charge is 2.34. The minimum atomic E-state index is -4.65. The molecule has 3 aromatic carbocycles. The molecule has 3 N–H and O–H groups in total. The summed E-state index contributed by atoms with van der Waals surface area (Å²) < 4.78 is 54.1. The summed E-state index contributed by atoms with van der Waals surface area (Å²) in [6.45, 7) is 18.1. The van der Waals surface area contributed by atoms with Gasteiger partial charge in [0.1, 0.15) is 17.2 Å². The van der Waals surface area contributed by atoms with Crippen LogP contribution in [0.1, 0.15) is 251 Å². The monoisotopic (exact) mass is 1090 g/mol. The Hall–Kier alpha value is -4.42. The molecule has 77 heavy (non-hydrogen) atoms. The van der Waals surface area contributed by atoms with Crippen molar-refractivity contribution in [1.82, 2.24) is 16.0 Å². The minimum absolute atomic E-state index is 0.00242. The van der Waals surface area contributed by atoms with Gasteiger partial charge in [-0.05, 0) is 111 Å². The number of hydrogen-bond acceptors (Lipinski definition) is 10. The van der Waals surface area contributed by atoms with Crippen LogP contribution in [0.15, 0.2) is 72.8 Å². The average molecular weight is 1090 g/mol. The number of benzene rings is 3. The van der Waals surface area contributed by atoms with Gasteiger partial charge in [-0.15, -0.1) is 0 Å². The van der Waals surface area contributed by atoms with Gasteiger partial charge < -0.3 is 30.2 Å². The second-order valence-corrected chi connectivity index (χ2v) is 22.2. The SMILES string of the molecule is CCCCCCCC(=O)NC(COP(=O)(OCC(NC(=O)CCCCCCC)c1cccc(OC(CC)CC)c1)OCC(NC(=O)CCCCCCC)c1cccc(OC(CC)CC)c1)c1cccc(OC(CC)CC)c1. The van der Waals surface area contributed by atoms with E-state index < -0.39 is 25.9 Å². The van der Waals surface area contributed by atoms with Crippen molar-refractivity contribution in [2.24, 2.45) is 0 Å². The summed E-state index contributed by atoms with van der Waals surface area (Å²) in [5, 5.41) is 9.52. The molecule has 0 aliphatic heterocycles. The standard InChI is InChI=1S/C63H102N3O10P/c1-10-19-22-25-28-40-61(67)64-58(49-34-31-37-55(43-49)74-52(13-4)14-5)46-71-77(70,72-47-59(65-62(68)41-29-26-23-20-11-2)50-35-32-38-56(44-50)75-53(15-6)16-7)73-48-60(66-63(69)42-30-27-24-21-12-3)51-36-33-39-57(45-51)76-54(17-8)18-9/h31-39,43-45,52-54,58-60H,10-30,40-42,46-48H2,1-9H3,(H,64,67)(H,65,68)(H,66,69). The minimum Gasteiger partial charge on any atom is -0.490 e. The first-order chi connectivity index (χ1) is 37.4. The van der Waals surface area contributed by atoms with E-state index in [9.17, 15) is 14.4 Å². The third kappa shape index (κ3) is 27.3. The Kier molecular flexibility index (Phi) is 34.6. The van der Waals surface area contributed by atoms with E-state index in [1.165, 1.54) is 0 Å². The predicted octanol–water partition coefficient (Wildman–Crippen LogP) is 16.5. The molecule has 0 heterocycles. The van der Waals surface area contributed by atoms with Crippen molar-refractivity contribution in [2.45, 2.75) is 253 Å². The van der Waals surface area contributed by atoms with E-state index in [-0.39, 0.29) is 55.9 Å². The number of phosphoric ester groups is 1. The van der Waals surface area contributed by atoms with Gasteiger partial charge in [0.2, 0.25) is 17.7 Å². The molecule has 0 spiro atoms. The Balaban J connectivity index is 2.13. The van der Waals surface area contributed by atoms with Crippen molar-refractivity contribution in [3.05, 3.63) is 89.5 Å². The van der Waals surface area contributed by atoms with Crippen molar-refractivity contribution in [2.75, 3.05) is 19.8 Å². The Morgan fingerprint density at radius 2 is 0.649 bits per heavy atom. The van der Waals surface area contributed by atoms with Crippen LogP contribution in [-0.4, -0.2) is 55.9 Å². The number of hydrogen-bond donors (Lipinski definition) is 3. The van der Waals surface area contributed by atoms with Crippen molar-refractivity contribution in [3.63, 3.8) is 0 Å². The molecule has 13 nitrogen and oxygen atoms in total. The van der Waals surface area contributed by atoms with Gasteiger partial charge >= 0.3 is 7.82 Å². The fourth-order valence-corrected chi connectivity index (χ4v) is 10.3. The van der Waals surface area contributed by atoms with Gasteiger partial charge in [-0.3, -0.25) is 28.0 Å². The van der Waals surface area contributed by atoms with E-state index in [2.05, 4.69) is 78.3 Å². The fraction of sp³-hybridized carbons (Fsp3) is 0.667. The van der Waals surface area contributed by atoms with Crippen LogP contribution in [0.25, 0.3) is 0 Å². The van der Waals surface area contributed by atoms with Crippen molar-refractivity contribution in [3.8, 4) is 17.2 Å². The fourth-order valence-electron chi connectivity index (χ4n) is 9.10. The molecule has 0 aliphatic carbocycles.